The van der Waals surface area contributed by atoms with Crippen molar-refractivity contribution in [3.63, 3.8) is 0 Å². The van der Waals surface area contributed by atoms with Gasteiger partial charge >= 0.3 is 0 Å². The highest BCUT2D eigenvalue weighted by molar-refractivity contribution is 6.08. The van der Waals surface area contributed by atoms with Crippen LogP contribution in [0.2, 0.25) is 0 Å². The third-order valence-corrected chi connectivity index (χ3v) is 5.04. The topological polar surface area (TPSA) is 61.4 Å². The highest BCUT2D eigenvalue weighted by Gasteiger charge is 2.22. The molecular weight excluding hydrogens is 362 g/mol. The molecule has 0 aromatic heterocycles. The van der Waals surface area contributed by atoms with Gasteiger partial charge in [-0.15, -0.1) is 0 Å². The number of benzene rings is 3. The van der Waals surface area contributed by atoms with Gasteiger partial charge in [0.2, 0.25) is 5.91 Å². The smallest absolute Gasteiger partial charge is 0.257 e. The van der Waals surface area contributed by atoms with Crippen LogP contribution in [-0.4, -0.2) is 24.9 Å². The van der Waals surface area contributed by atoms with Crippen molar-refractivity contribution in [2.24, 2.45) is 0 Å². The summed E-state index contributed by atoms with van der Waals surface area (Å²) in [4.78, 5) is 27.4. The normalized spacial score (nSPS) is 12.8. The van der Waals surface area contributed by atoms with Gasteiger partial charge < -0.3 is 15.5 Å². The summed E-state index contributed by atoms with van der Waals surface area (Å²) in [7, 11) is 0. The quantitative estimate of drug-likeness (QED) is 0.687. The van der Waals surface area contributed by atoms with E-state index in [-0.39, 0.29) is 18.4 Å². The van der Waals surface area contributed by atoms with Crippen LogP contribution in [0.4, 0.5) is 17.1 Å². The standard InChI is InChI=1S/C24H23N3O2/c28-23(27-16-8-10-18-9-4-7-15-22(18)27)17-25-21-14-6-5-13-20(21)24(29)26-19-11-2-1-3-12-19/h1-7,9,11-15,25H,8,10,16-17H2,(H,26,29). The van der Waals surface area contributed by atoms with E-state index in [9.17, 15) is 9.59 Å². The van der Waals surface area contributed by atoms with Crippen molar-refractivity contribution in [2.45, 2.75) is 12.8 Å². The first kappa shape index (κ1) is 18.7. The molecule has 0 saturated carbocycles. The molecule has 29 heavy (non-hydrogen) atoms. The van der Waals surface area contributed by atoms with Crippen LogP contribution >= 0.6 is 0 Å². The third-order valence-electron chi connectivity index (χ3n) is 5.04. The fourth-order valence-electron chi connectivity index (χ4n) is 3.61. The minimum absolute atomic E-state index is 0.00424. The third kappa shape index (κ3) is 4.29. The van der Waals surface area contributed by atoms with E-state index in [1.54, 1.807) is 6.07 Å². The van der Waals surface area contributed by atoms with Gasteiger partial charge in [0.15, 0.2) is 0 Å². The van der Waals surface area contributed by atoms with Gasteiger partial charge in [-0.3, -0.25) is 9.59 Å². The summed E-state index contributed by atoms with van der Waals surface area (Å²) in [5.74, 6) is -0.217. The maximum Gasteiger partial charge on any atom is 0.257 e. The summed E-state index contributed by atoms with van der Waals surface area (Å²) in [6, 6.07) is 24.6. The van der Waals surface area contributed by atoms with Crippen LogP contribution in [0.5, 0.6) is 0 Å². The van der Waals surface area contributed by atoms with E-state index in [1.165, 1.54) is 5.56 Å². The molecule has 5 nitrogen and oxygen atoms in total. The van der Waals surface area contributed by atoms with Gasteiger partial charge in [-0.05, 0) is 48.7 Å². The van der Waals surface area contributed by atoms with E-state index < -0.39 is 0 Å². The van der Waals surface area contributed by atoms with E-state index in [2.05, 4.69) is 16.7 Å². The molecule has 0 aliphatic carbocycles. The van der Waals surface area contributed by atoms with E-state index in [4.69, 9.17) is 0 Å². The average Bonchev–Trinajstić information content (AvgIpc) is 2.78. The molecule has 0 unspecified atom stereocenters. The molecular formula is C24H23N3O2. The summed E-state index contributed by atoms with van der Waals surface area (Å²) in [6.45, 7) is 0.845. The summed E-state index contributed by atoms with van der Waals surface area (Å²) >= 11 is 0. The Bertz CT molecular complexity index is 1020. The molecule has 3 aromatic rings. The minimum Gasteiger partial charge on any atom is -0.375 e. The zero-order valence-corrected chi connectivity index (χ0v) is 16.1. The van der Waals surface area contributed by atoms with Crippen LogP contribution in [0.15, 0.2) is 78.9 Å². The molecule has 4 rings (SSSR count). The molecule has 1 heterocycles. The maximum absolute atomic E-state index is 12.9. The summed E-state index contributed by atoms with van der Waals surface area (Å²) in [6.07, 6.45) is 1.95. The average molecular weight is 385 g/mol. The Hall–Kier alpha value is -3.60. The van der Waals surface area contributed by atoms with Crippen molar-refractivity contribution in [2.75, 3.05) is 28.6 Å². The van der Waals surface area contributed by atoms with Crippen molar-refractivity contribution in [1.29, 1.82) is 0 Å². The highest BCUT2D eigenvalue weighted by atomic mass is 16.2. The number of hydrogen-bond donors (Lipinski definition) is 2. The SMILES string of the molecule is O=C(Nc1ccccc1)c1ccccc1NCC(=O)N1CCCc2ccccc21. The van der Waals surface area contributed by atoms with Crippen LogP contribution in [0.3, 0.4) is 0 Å². The maximum atomic E-state index is 12.9. The molecule has 0 saturated heterocycles. The van der Waals surface area contributed by atoms with Gasteiger partial charge in [-0.1, -0.05) is 48.5 Å². The molecule has 1 aliphatic heterocycles. The van der Waals surface area contributed by atoms with Crippen molar-refractivity contribution >= 4 is 28.9 Å². The number of carbonyl (C=O) groups excluding carboxylic acids is 2. The molecule has 0 bridgehead atoms. The molecule has 0 atom stereocenters. The first-order valence-corrected chi connectivity index (χ1v) is 9.80. The van der Waals surface area contributed by atoms with Crippen LogP contribution in [0.1, 0.15) is 22.3 Å². The predicted octanol–water partition coefficient (Wildman–Crippen LogP) is 4.33. The Morgan fingerprint density at radius 1 is 0.862 bits per heavy atom. The number of carbonyl (C=O) groups is 2. The lowest BCUT2D eigenvalue weighted by molar-refractivity contribution is -0.117. The fourth-order valence-corrected chi connectivity index (χ4v) is 3.61. The number of rotatable bonds is 5. The molecule has 0 radical (unpaired) electrons. The molecule has 5 heteroatoms. The van der Waals surface area contributed by atoms with Gasteiger partial charge in [-0.25, -0.2) is 0 Å². The van der Waals surface area contributed by atoms with Crippen molar-refractivity contribution in [1.82, 2.24) is 0 Å². The largest absolute Gasteiger partial charge is 0.375 e. The van der Waals surface area contributed by atoms with Crippen LogP contribution in [0, 0.1) is 0 Å². The summed E-state index contributed by atoms with van der Waals surface area (Å²) in [5.41, 5.74) is 4.06. The first-order valence-electron chi connectivity index (χ1n) is 9.80. The number of nitrogens with zero attached hydrogens (tertiary/aromatic N) is 1. The van der Waals surface area contributed by atoms with Crippen molar-refractivity contribution in [3.05, 3.63) is 90.0 Å². The number of nitrogens with one attached hydrogen (secondary N) is 2. The number of amides is 2. The van der Waals surface area contributed by atoms with Crippen LogP contribution in [0.25, 0.3) is 0 Å². The second kappa shape index (κ2) is 8.61. The number of aryl methyl sites for hydroxylation is 1. The Balaban J connectivity index is 1.46. The molecule has 146 valence electrons. The lowest BCUT2D eigenvalue weighted by Crippen LogP contribution is -2.39. The fraction of sp³-hybridized carbons (Fsp3) is 0.167. The Morgan fingerprint density at radius 3 is 2.45 bits per heavy atom. The van der Waals surface area contributed by atoms with Crippen molar-refractivity contribution in [3.8, 4) is 0 Å². The van der Waals surface area contributed by atoms with E-state index in [0.29, 0.717) is 17.8 Å². The zero-order valence-electron chi connectivity index (χ0n) is 16.1. The summed E-state index contributed by atoms with van der Waals surface area (Å²) in [5, 5.41) is 6.04. The molecule has 0 spiro atoms. The van der Waals surface area contributed by atoms with Gasteiger partial charge in [0.25, 0.3) is 5.91 Å². The number of para-hydroxylation sites is 3. The Kier molecular flexibility index (Phi) is 5.56. The van der Waals surface area contributed by atoms with E-state index >= 15 is 0 Å². The monoisotopic (exact) mass is 385 g/mol. The van der Waals surface area contributed by atoms with Crippen LogP contribution in [-0.2, 0) is 11.2 Å². The van der Waals surface area contributed by atoms with Crippen molar-refractivity contribution < 1.29 is 9.59 Å². The lowest BCUT2D eigenvalue weighted by Gasteiger charge is -2.29. The zero-order chi connectivity index (χ0) is 20.1. The molecule has 0 fully saturated rings. The van der Waals surface area contributed by atoms with Gasteiger partial charge in [0, 0.05) is 23.6 Å². The van der Waals surface area contributed by atoms with Crippen LogP contribution < -0.4 is 15.5 Å². The number of fused-ring (bicyclic) bond motifs is 1. The molecule has 3 aromatic carbocycles. The molecule has 1 aliphatic rings. The lowest BCUT2D eigenvalue weighted by atomic mass is 10.0. The van der Waals surface area contributed by atoms with Gasteiger partial charge in [-0.2, -0.15) is 0 Å². The summed E-state index contributed by atoms with van der Waals surface area (Å²) < 4.78 is 0. The number of anilines is 3. The van der Waals surface area contributed by atoms with E-state index in [1.807, 2.05) is 71.6 Å². The first-order chi connectivity index (χ1) is 14.2. The van der Waals surface area contributed by atoms with Gasteiger partial charge in [0.1, 0.15) is 0 Å². The Morgan fingerprint density at radius 2 is 1.59 bits per heavy atom. The second-order valence-electron chi connectivity index (χ2n) is 7.00. The second-order valence-corrected chi connectivity index (χ2v) is 7.00. The predicted molar refractivity (Wildman–Crippen MR) is 116 cm³/mol. The Labute approximate surface area is 170 Å². The molecule has 2 amide bonds. The van der Waals surface area contributed by atoms with E-state index in [0.717, 1.165) is 24.2 Å². The minimum atomic E-state index is -0.213. The molecule has 2 N–H and O–H groups in total. The highest BCUT2D eigenvalue weighted by Crippen LogP contribution is 2.27. The number of hydrogen-bond acceptors (Lipinski definition) is 3. The van der Waals surface area contributed by atoms with Gasteiger partial charge in [0.05, 0.1) is 12.1 Å².